The van der Waals surface area contributed by atoms with Crippen molar-refractivity contribution in [3.63, 3.8) is 0 Å². The summed E-state index contributed by atoms with van der Waals surface area (Å²) in [7, 11) is 0. The van der Waals surface area contributed by atoms with Crippen LogP contribution in [0.1, 0.15) is 29.6 Å². The van der Waals surface area contributed by atoms with Gasteiger partial charge < -0.3 is 19.9 Å². The fourth-order valence-corrected chi connectivity index (χ4v) is 3.52. The van der Waals surface area contributed by atoms with Crippen molar-refractivity contribution < 1.29 is 19.4 Å². The highest BCUT2D eigenvalue weighted by molar-refractivity contribution is 5.91. The molecule has 30 heavy (non-hydrogen) atoms. The molecule has 0 aromatic heterocycles. The van der Waals surface area contributed by atoms with Crippen LogP contribution in [0.5, 0.6) is 17.2 Å². The molecule has 1 aliphatic rings. The summed E-state index contributed by atoms with van der Waals surface area (Å²) in [5.74, 6) is 0.688. The standard InChI is InChI=1S/C25H24NO4/c27-22-15-20(16-24(17-22)29-14-12-21-7-4-13-26-21)18-8-10-23(11-9-18)30-25(28)19-5-2-1-3-6-19/h1-3,5-6,8-11,15,17,21,26-27H,4,7,12-14H2. The molecular formula is C25H24NO4. The highest BCUT2D eigenvalue weighted by Crippen LogP contribution is 2.30. The molecule has 5 nitrogen and oxygen atoms in total. The van der Waals surface area contributed by atoms with Crippen molar-refractivity contribution >= 4 is 5.97 Å². The highest BCUT2D eigenvalue weighted by Gasteiger charge is 2.14. The summed E-state index contributed by atoms with van der Waals surface area (Å²) in [4.78, 5) is 12.2. The largest absolute Gasteiger partial charge is 0.508 e. The van der Waals surface area contributed by atoms with Crippen LogP contribution in [0.15, 0.2) is 66.7 Å². The van der Waals surface area contributed by atoms with Gasteiger partial charge >= 0.3 is 5.97 Å². The fraction of sp³-hybridized carbons (Fsp3) is 0.240. The van der Waals surface area contributed by atoms with Gasteiger partial charge in [-0.25, -0.2) is 4.79 Å². The Labute approximate surface area is 176 Å². The number of phenols is 1. The summed E-state index contributed by atoms with van der Waals surface area (Å²) in [6.45, 7) is 1.65. The smallest absolute Gasteiger partial charge is 0.343 e. The molecule has 3 aromatic rings. The van der Waals surface area contributed by atoms with Gasteiger partial charge in [-0.1, -0.05) is 30.3 Å². The summed E-state index contributed by atoms with van der Waals surface area (Å²) in [5, 5.41) is 13.5. The number of rotatable bonds is 7. The van der Waals surface area contributed by atoms with Gasteiger partial charge in [-0.15, -0.1) is 0 Å². The maximum absolute atomic E-state index is 12.2. The van der Waals surface area contributed by atoms with Gasteiger partial charge in [0.2, 0.25) is 0 Å². The lowest BCUT2D eigenvalue weighted by Gasteiger charge is -2.12. The zero-order chi connectivity index (χ0) is 20.8. The number of benzene rings is 3. The monoisotopic (exact) mass is 402 g/mol. The second-order valence-corrected chi connectivity index (χ2v) is 7.33. The van der Waals surface area contributed by atoms with Crippen molar-refractivity contribution in [1.29, 1.82) is 0 Å². The van der Waals surface area contributed by atoms with Crippen LogP contribution in [0.2, 0.25) is 0 Å². The van der Waals surface area contributed by atoms with Crippen molar-refractivity contribution in [2.75, 3.05) is 13.2 Å². The third kappa shape index (κ3) is 5.19. The summed E-state index contributed by atoms with van der Waals surface area (Å²) in [6.07, 6.45) is 3.32. The van der Waals surface area contributed by atoms with E-state index in [-0.39, 0.29) is 5.75 Å². The summed E-state index contributed by atoms with van der Waals surface area (Å²) in [5.41, 5.74) is 2.05. The number of nitrogens with one attached hydrogen (secondary N) is 1. The van der Waals surface area contributed by atoms with E-state index in [9.17, 15) is 9.90 Å². The number of esters is 1. The van der Waals surface area contributed by atoms with Gasteiger partial charge in [0.1, 0.15) is 17.2 Å². The van der Waals surface area contributed by atoms with E-state index in [0.717, 1.165) is 18.5 Å². The van der Waals surface area contributed by atoms with Gasteiger partial charge in [0.15, 0.2) is 0 Å². The molecular weight excluding hydrogens is 378 g/mol. The molecule has 2 N–H and O–H groups in total. The number of hydrogen-bond acceptors (Lipinski definition) is 5. The van der Waals surface area contributed by atoms with Crippen molar-refractivity contribution in [2.24, 2.45) is 0 Å². The van der Waals surface area contributed by atoms with E-state index in [0.29, 0.717) is 35.3 Å². The molecule has 1 saturated heterocycles. The van der Waals surface area contributed by atoms with Crippen molar-refractivity contribution in [3.05, 3.63) is 78.4 Å². The molecule has 1 unspecified atom stereocenters. The molecule has 0 spiro atoms. The topological polar surface area (TPSA) is 67.8 Å². The normalized spacial score (nSPS) is 15.7. The Balaban J connectivity index is 1.40. The SMILES string of the molecule is O=C(Oc1ccc(-c2[c]c(OCCC3CCCN3)cc(O)c2)cc1)c1ccccc1. The van der Waals surface area contributed by atoms with Crippen LogP contribution >= 0.6 is 0 Å². The van der Waals surface area contributed by atoms with Crippen LogP contribution in [0.3, 0.4) is 0 Å². The van der Waals surface area contributed by atoms with Crippen molar-refractivity contribution in [3.8, 4) is 28.4 Å². The van der Waals surface area contributed by atoms with Crippen molar-refractivity contribution in [2.45, 2.75) is 25.3 Å². The molecule has 3 aromatic carbocycles. The lowest BCUT2D eigenvalue weighted by Crippen LogP contribution is -2.23. The first-order valence-electron chi connectivity index (χ1n) is 10.2. The predicted molar refractivity (Wildman–Crippen MR) is 115 cm³/mol. The Morgan fingerprint density at radius 1 is 1.10 bits per heavy atom. The van der Waals surface area contributed by atoms with Crippen LogP contribution in [-0.4, -0.2) is 30.3 Å². The van der Waals surface area contributed by atoms with Crippen LogP contribution in [0, 0.1) is 6.07 Å². The van der Waals surface area contributed by atoms with Crippen LogP contribution in [-0.2, 0) is 0 Å². The predicted octanol–water partition coefficient (Wildman–Crippen LogP) is 4.60. The number of aromatic hydroxyl groups is 1. The number of ether oxygens (including phenoxy) is 2. The molecule has 0 amide bonds. The molecule has 153 valence electrons. The average molecular weight is 402 g/mol. The van der Waals surface area contributed by atoms with Crippen LogP contribution < -0.4 is 14.8 Å². The van der Waals surface area contributed by atoms with E-state index in [4.69, 9.17) is 9.47 Å². The Morgan fingerprint density at radius 2 is 1.90 bits per heavy atom. The van der Waals surface area contributed by atoms with Gasteiger partial charge in [0, 0.05) is 18.2 Å². The van der Waals surface area contributed by atoms with Gasteiger partial charge in [0.05, 0.1) is 12.2 Å². The lowest BCUT2D eigenvalue weighted by molar-refractivity contribution is 0.0735. The molecule has 1 radical (unpaired) electrons. The molecule has 0 bridgehead atoms. The number of phenolic OH excluding ortho intramolecular Hbond substituents is 1. The van der Waals surface area contributed by atoms with Crippen LogP contribution in [0.25, 0.3) is 11.1 Å². The minimum absolute atomic E-state index is 0.123. The van der Waals surface area contributed by atoms with E-state index in [2.05, 4.69) is 11.4 Å². The summed E-state index contributed by atoms with van der Waals surface area (Å²) >= 11 is 0. The van der Waals surface area contributed by atoms with E-state index in [1.54, 1.807) is 48.5 Å². The molecule has 1 atom stereocenters. The van der Waals surface area contributed by atoms with E-state index >= 15 is 0 Å². The molecule has 0 aliphatic carbocycles. The van der Waals surface area contributed by atoms with Gasteiger partial charge in [-0.2, -0.15) is 0 Å². The molecule has 5 heteroatoms. The van der Waals surface area contributed by atoms with Gasteiger partial charge in [0.25, 0.3) is 0 Å². The molecule has 4 rings (SSSR count). The minimum Gasteiger partial charge on any atom is -0.508 e. The molecule has 0 saturated carbocycles. The molecule has 1 heterocycles. The fourth-order valence-electron chi connectivity index (χ4n) is 3.52. The molecule has 1 fully saturated rings. The second-order valence-electron chi connectivity index (χ2n) is 7.33. The maximum Gasteiger partial charge on any atom is 0.343 e. The molecule has 1 aliphatic heterocycles. The maximum atomic E-state index is 12.2. The zero-order valence-corrected chi connectivity index (χ0v) is 16.6. The second kappa shape index (κ2) is 9.46. The Morgan fingerprint density at radius 3 is 2.63 bits per heavy atom. The first kappa shape index (κ1) is 20.0. The average Bonchev–Trinajstić information content (AvgIpc) is 3.28. The number of carbonyl (C=O) groups is 1. The summed E-state index contributed by atoms with van der Waals surface area (Å²) < 4.78 is 11.2. The highest BCUT2D eigenvalue weighted by atomic mass is 16.5. The van der Waals surface area contributed by atoms with E-state index in [1.807, 2.05) is 18.2 Å². The summed E-state index contributed by atoms with van der Waals surface area (Å²) in [6, 6.07) is 22.9. The Kier molecular flexibility index (Phi) is 6.30. The van der Waals surface area contributed by atoms with E-state index in [1.165, 1.54) is 12.8 Å². The Bertz CT molecular complexity index is 980. The van der Waals surface area contributed by atoms with Crippen LogP contribution in [0.4, 0.5) is 0 Å². The zero-order valence-electron chi connectivity index (χ0n) is 16.6. The first-order chi connectivity index (χ1) is 14.7. The first-order valence-corrected chi connectivity index (χ1v) is 10.2. The Hall–Kier alpha value is -3.31. The third-order valence-electron chi connectivity index (χ3n) is 5.10. The number of hydrogen-bond donors (Lipinski definition) is 2. The number of carbonyl (C=O) groups excluding carboxylic acids is 1. The van der Waals surface area contributed by atoms with Gasteiger partial charge in [-0.05, 0) is 67.3 Å². The third-order valence-corrected chi connectivity index (χ3v) is 5.10. The van der Waals surface area contributed by atoms with Gasteiger partial charge in [-0.3, -0.25) is 0 Å². The lowest BCUT2D eigenvalue weighted by atomic mass is 10.0. The quantitative estimate of drug-likeness (QED) is 0.447. The minimum atomic E-state index is -0.403. The van der Waals surface area contributed by atoms with E-state index < -0.39 is 5.97 Å². The van der Waals surface area contributed by atoms with Crippen molar-refractivity contribution in [1.82, 2.24) is 5.32 Å².